The molecule has 1 aromatic carbocycles. The van der Waals surface area contributed by atoms with E-state index in [0.717, 1.165) is 0 Å². The number of hydrogen-bond acceptors (Lipinski definition) is 6. The summed E-state index contributed by atoms with van der Waals surface area (Å²) in [6.07, 6.45) is 0.0587. The highest BCUT2D eigenvalue weighted by molar-refractivity contribution is 5.97. The van der Waals surface area contributed by atoms with Gasteiger partial charge in [0.15, 0.2) is 0 Å². The Bertz CT molecular complexity index is 539. The van der Waals surface area contributed by atoms with E-state index in [0.29, 0.717) is 0 Å². The Morgan fingerprint density at radius 1 is 1.09 bits per heavy atom. The van der Waals surface area contributed by atoms with Crippen LogP contribution in [-0.4, -0.2) is 43.2 Å². The number of phenolic OH excluding ortho intramolecular Hbond substituents is 1. The first kappa shape index (κ1) is 17.5. The van der Waals surface area contributed by atoms with Gasteiger partial charge in [0, 0.05) is 5.56 Å². The van der Waals surface area contributed by atoms with E-state index in [2.05, 4.69) is 14.8 Å². The van der Waals surface area contributed by atoms with Crippen LogP contribution in [0.3, 0.4) is 0 Å². The molecule has 0 unspecified atom stereocenters. The zero-order valence-corrected chi connectivity index (χ0v) is 12.7. The van der Waals surface area contributed by atoms with E-state index in [-0.39, 0.29) is 17.7 Å². The molecule has 2 N–H and O–H groups in total. The van der Waals surface area contributed by atoms with Crippen LogP contribution in [0.25, 0.3) is 0 Å². The number of aromatic hydroxyl groups is 1. The highest BCUT2D eigenvalue weighted by Crippen LogP contribution is 2.12. The Balaban J connectivity index is 2.80. The number of methoxy groups -OCH3 is 2. The lowest BCUT2D eigenvalue weighted by atomic mass is 10.0. The summed E-state index contributed by atoms with van der Waals surface area (Å²) in [5.74, 6) is -2.18. The molecule has 0 radical (unpaired) electrons. The molecule has 0 bridgehead atoms. The first-order chi connectivity index (χ1) is 10.4. The largest absolute Gasteiger partial charge is 0.508 e. The van der Waals surface area contributed by atoms with Gasteiger partial charge in [-0.25, -0.2) is 4.79 Å². The van der Waals surface area contributed by atoms with Gasteiger partial charge in [-0.15, -0.1) is 0 Å². The first-order valence-electron chi connectivity index (χ1n) is 6.64. The number of carbonyl (C=O) groups excluding carboxylic acids is 3. The molecule has 1 amide bonds. The van der Waals surface area contributed by atoms with Crippen LogP contribution in [0.1, 0.15) is 23.7 Å². The van der Waals surface area contributed by atoms with Gasteiger partial charge >= 0.3 is 11.9 Å². The number of nitrogens with one attached hydrogen (secondary N) is 1. The number of esters is 2. The highest BCUT2D eigenvalue weighted by Gasteiger charge is 2.27. The molecule has 7 nitrogen and oxygen atoms in total. The van der Waals surface area contributed by atoms with Crippen molar-refractivity contribution in [1.29, 1.82) is 0 Å². The SMILES string of the molecule is COC(=O)[C@H](C)C[C@@H](NC(=O)c1ccc(O)cc1)C(=O)OC. The monoisotopic (exact) mass is 309 g/mol. The van der Waals surface area contributed by atoms with Gasteiger partial charge in [-0.3, -0.25) is 9.59 Å². The molecule has 0 fully saturated rings. The van der Waals surface area contributed by atoms with Crippen LogP contribution in [0.2, 0.25) is 0 Å². The minimum Gasteiger partial charge on any atom is -0.508 e. The van der Waals surface area contributed by atoms with Crippen molar-refractivity contribution in [3.05, 3.63) is 29.8 Å². The maximum Gasteiger partial charge on any atom is 0.328 e. The molecule has 0 heterocycles. The van der Waals surface area contributed by atoms with E-state index in [1.54, 1.807) is 6.92 Å². The summed E-state index contributed by atoms with van der Waals surface area (Å²) in [5.41, 5.74) is 0.275. The molecule has 0 aromatic heterocycles. The smallest absolute Gasteiger partial charge is 0.328 e. The van der Waals surface area contributed by atoms with Crippen molar-refractivity contribution in [3.8, 4) is 5.75 Å². The van der Waals surface area contributed by atoms with Crippen molar-refractivity contribution < 1.29 is 29.0 Å². The molecule has 1 rings (SSSR count). The quantitative estimate of drug-likeness (QED) is 0.756. The summed E-state index contributed by atoms with van der Waals surface area (Å²) >= 11 is 0. The van der Waals surface area contributed by atoms with E-state index < -0.39 is 29.8 Å². The second-order valence-corrected chi connectivity index (χ2v) is 4.76. The molecule has 22 heavy (non-hydrogen) atoms. The van der Waals surface area contributed by atoms with Crippen molar-refractivity contribution in [1.82, 2.24) is 5.32 Å². The van der Waals surface area contributed by atoms with Crippen molar-refractivity contribution >= 4 is 17.8 Å². The average molecular weight is 309 g/mol. The first-order valence-corrected chi connectivity index (χ1v) is 6.64. The number of benzene rings is 1. The molecule has 2 atom stereocenters. The topological polar surface area (TPSA) is 102 Å². The fourth-order valence-corrected chi connectivity index (χ4v) is 1.86. The van der Waals surface area contributed by atoms with Gasteiger partial charge in [-0.1, -0.05) is 6.92 Å². The number of rotatable bonds is 6. The van der Waals surface area contributed by atoms with Crippen molar-refractivity contribution in [2.75, 3.05) is 14.2 Å². The van der Waals surface area contributed by atoms with Gasteiger partial charge in [0.1, 0.15) is 11.8 Å². The minimum absolute atomic E-state index is 0.0281. The maximum absolute atomic E-state index is 12.1. The summed E-state index contributed by atoms with van der Waals surface area (Å²) in [6.45, 7) is 1.59. The molecule has 0 spiro atoms. The number of hydrogen-bond donors (Lipinski definition) is 2. The number of ether oxygens (including phenoxy) is 2. The normalized spacial score (nSPS) is 12.9. The summed E-state index contributed by atoms with van der Waals surface area (Å²) in [5, 5.41) is 11.7. The van der Waals surface area contributed by atoms with Crippen molar-refractivity contribution in [2.45, 2.75) is 19.4 Å². The average Bonchev–Trinajstić information content (AvgIpc) is 2.52. The molecule has 1 aromatic rings. The van der Waals surface area contributed by atoms with E-state index in [1.165, 1.54) is 38.5 Å². The Morgan fingerprint density at radius 2 is 1.64 bits per heavy atom. The molecule has 0 saturated heterocycles. The molecular formula is C15H19NO6. The van der Waals surface area contributed by atoms with Gasteiger partial charge < -0.3 is 19.9 Å². The highest BCUT2D eigenvalue weighted by atomic mass is 16.5. The maximum atomic E-state index is 12.1. The standard InChI is InChI=1S/C15H19NO6/c1-9(14(19)21-2)8-12(15(20)22-3)16-13(18)10-4-6-11(17)7-5-10/h4-7,9,12,17H,8H2,1-3H3,(H,16,18)/t9-,12-/m1/s1. The Labute approximate surface area is 128 Å². The van der Waals surface area contributed by atoms with Crippen LogP contribution < -0.4 is 5.32 Å². The molecule has 0 saturated carbocycles. The number of amides is 1. The van der Waals surface area contributed by atoms with Crippen LogP contribution in [-0.2, 0) is 19.1 Å². The summed E-state index contributed by atoms with van der Waals surface area (Å²) < 4.78 is 9.23. The zero-order valence-electron chi connectivity index (χ0n) is 12.7. The Hall–Kier alpha value is -2.57. The second-order valence-electron chi connectivity index (χ2n) is 4.76. The summed E-state index contributed by atoms with van der Waals surface area (Å²) in [7, 11) is 2.45. The van der Waals surface area contributed by atoms with Crippen molar-refractivity contribution in [3.63, 3.8) is 0 Å². The van der Waals surface area contributed by atoms with Crippen LogP contribution in [0, 0.1) is 5.92 Å². The second kappa shape index (κ2) is 8.02. The molecule has 120 valence electrons. The third-order valence-electron chi connectivity index (χ3n) is 3.11. The Morgan fingerprint density at radius 3 is 2.14 bits per heavy atom. The van der Waals surface area contributed by atoms with Crippen molar-refractivity contribution in [2.24, 2.45) is 5.92 Å². The lowest BCUT2D eigenvalue weighted by molar-refractivity contribution is -0.147. The fourth-order valence-electron chi connectivity index (χ4n) is 1.86. The minimum atomic E-state index is -0.972. The van der Waals surface area contributed by atoms with Crippen LogP contribution in [0.5, 0.6) is 5.75 Å². The fraction of sp³-hybridized carbons (Fsp3) is 0.400. The van der Waals surface area contributed by atoms with Crippen LogP contribution >= 0.6 is 0 Å². The molecular weight excluding hydrogens is 290 g/mol. The van der Waals surface area contributed by atoms with E-state index >= 15 is 0 Å². The third-order valence-corrected chi connectivity index (χ3v) is 3.11. The predicted molar refractivity (Wildman–Crippen MR) is 77.2 cm³/mol. The summed E-state index contributed by atoms with van der Waals surface area (Å²) in [4.78, 5) is 35.3. The lowest BCUT2D eigenvalue weighted by Crippen LogP contribution is -2.43. The lowest BCUT2D eigenvalue weighted by Gasteiger charge is -2.19. The van der Waals surface area contributed by atoms with Gasteiger partial charge in [0.2, 0.25) is 0 Å². The van der Waals surface area contributed by atoms with Crippen LogP contribution in [0.15, 0.2) is 24.3 Å². The van der Waals surface area contributed by atoms with Gasteiger partial charge in [-0.05, 0) is 30.7 Å². The molecule has 7 heteroatoms. The van der Waals surface area contributed by atoms with E-state index in [1.807, 2.05) is 0 Å². The molecule has 0 aliphatic heterocycles. The zero-order chi connectivity index (χ0) is 16.7. The molecule has 0 aliphatic rings. The van der Waals surface area contributed by atoms with Crippen LogP contribution in [0.4, 0.5) is 0 Å². The van der Waals surface area contributed by atoms with E-state index in [4.69, 9.17) is 0 Å². The predicted octanol–water partition coefficient (Wildman–Crippen LogP) is 0.863. The van der Waals surface area contributed by atoms with E-state index in [9.17, 15) is 19.5 Å². The molecule has 0 aliphatic carbocycles. The van der Waals surface area contributed by atoms with Gasteiger partial charge in [0.25, 0.3) is 5.91 Å². The Kier molecular flexibility index (Phi) is 6.37. The number of phenols is 1. The van der Waals surface area contributed by atoms with Gasteiger partial charge in [0.05, 0.1) is 20.1 Å². The third kappa shape index (κ3) is 4.76. The number of carbonyl (C=O) groups is 3. The summed E-state index contributed by atoms with van der Waals surface area (Å²) in [6, 6.07) is 4.59. The van der Waals surface area contributed by atoms with Gasteiger partial charge in [-0.2, -0.15) is 0 Å².